The first-order valence-electron chi connectivity index (χ1n) is 9.74. The second kappa shape index (κ2) is 8.48. The van der Waals surface area contributed by atoms with Crippen LogP contribution in [0.4, 0.5) is 0 Å². The summed E-state index contributed by atoms with van der Waals surface area (Å²) in [5.74, 6) is 2.15. The van der Waals surface area contributed by atoms with Gasteiger partial charge >= 0.3 is 0 Å². The highest BCUT2D eigenvalue weighted by molar-refractivity contribution is 6.07. The molecule has 5 heteroatoms. The highest BCUT2D eigenvalue weighted by atomic mass is 16.6. The van der Waals surface area contributed by atoms with Crippen LogP contribution >= 0.6 is 0 Å². The zero-order chi connectivity index (χ0) is 19.3. The van der Waals surface area contributed by atoms with E-state index in [1.807, 2.05) is 18.2 Å². The second-order valence-corrected chi connectivity index (χ2v) is 7.11. The van der Waals surface area contributed by atoms with Crippen LogP contribution in [0.15, 0.2) is 42.5 Å². The summed E-state index contributed by atoms with van der Waals surface area (Å²) in [7, 11) is 1.70. The minimum absolute atomic E-state index is 0.0612. The molecular weight excluding hydrogens is 354 g/mol. The van der Waals surface area contributed by atoms with E-state index < -0.39 is 0 Å². The van der Waals surface area contributed by atoms with Crippen molar-refractivity contribution in [2.75, 3.05) is 33.4 Å². The molecule has 0 amide bonds. The summed E-state index contributed by atoms with van der Waals surface area (Å²) >= 11 is 0. The number of hydrogen-bond acceptors (Lipinski definition) is 5. The number of hydrogen-bond donors (Lipinski definition) is 0. The van der Waals surface area contributed by atoms with Crippen LogP contribution in [-0.2, 0) is 6.54 Å². The van der Waals surface area contributed by atoms with E-state index in [1.165, 1.54) is 12.8 Å². The quantitative estimate of drug-likeness (QED) is 0.562. The third kappa shape index (κ3) is 4.20. The molecule has 5 nitrogen and oxygen atoms in total. The predicted octanol–water partition coefficient (Wildman–Crippen LogP) is 3.96. The number of carbonyl (C=O) groups is 1. The fourth-order valence-corrected chi connectivity index (χ4v) is 3.67. The predicted molar refractivity (Wildman–Crippen MR) is 108 cm³/mol. The Morgan fingerprint density at radius 3 is 2.64 bits per heavy atom. The van der Waals surface area contributed by atoms with Gasteiger partial charge in [0.05, 0.1) is 7.11 Å². The number of fused-ring (bicyclic) bond motifs is 1. The van der Waals surface area contributed by atoms with Crippen molar-refractivity contribution >= 4 is 11.9 Å². The smallest absolute Gasteiger partial charge is 0.185 e. The number of nitrogens with zero attached hydrogens (tertiary/aromatic N) is 1. The van der Waals surface area contributed by atoms with Crippen LogP contribution in [-0.4, -0.2) is 44.1 Å². The summed E-state index contributed by atoms with van der Waals surface area (Å²) in [5.41, 5.74) is 2.73. The summed E-state index contributed by atoms with van der Waals surface area (Å²) in [6, 6.07) is 11.3. The van der Waals surface area contributed by atoms with Crippen LogP contribution in [0.3, 0.4) is 0 Å². The van der Waals surface area contributed by atoms with E-state index in [0.717, 1.165) is 36.5 Å². The molecule has 2 heterocycles. The van der Waals surface area contributed by atoms with Crippen molar-refractivity contribution < 1.29 is 19.0 Å². The van der Waals surface area contributed by atoms with E-state index in [1.54, 1.807) is 31.4 Å². The van der Waals surface area contributed by atoms with Gasteiger partial charge in [0.25, 0.3) is 0 Å². The Balaban J connectivity index is 1.49. The molecule has 0 aromatic heterocycles. The lowest BCUT2D eigenvalue weighted by atomic mass is 10.1. The Bertz CT molecular complexity index is 884. The van der Waals surface area contributed by atoms with Gasteiger partial charge in [-0.2, -0.15) is 0 Å². The Labute approximate surface area is 165 Å². The van der Waals surface area contributed by atoms with Gasteiger partial charge in [-0.25, -0.2) is 0 Å². The van der Waals surface area contributed by atoms with E-state index in [2.05, 4.69) is 11.0 Å². The summed E-state index contributed by atoms with van der Waals surface area (Å²) in [6.45, 7) is 4.18. The lowest BCUT2D eigenvalue weighted by Gasteiger charge is -2.18. The molecular formula is C23H25NO4. The first-order valence-corrected chi connectivity index (χ1v) is 9.74. The minimum atomic E-state index is -0.0612. The minimum Gasteiger partial charge on any atom is -0.496 e. The molecule has 146 valence electrons. The molecule has 1 fully saturated rings. The maximum absolute atomic E-state index is 12.6. The average molecular weight is 379 g/mol. The van der Waals surface area contributed by atoms with Crippen LogP contribution in [0.5, 0.6) is 17.2 Å². The summed E-state index contributed by atoms with van der Waals surface area (Å²) in [6.07, 6.45) is 5.97. The van der Waals surface area contributed by atoms with Crippen molar-refractivity contribution in [1.29, 1.82) is 0 Å². The van der Waals surface area contributed by atoms with Crippen LogP contribution in [0.25, 0.3) is 6.08 Å². The molecule has 2 aromatic rings. The molecule has 0 spiro atoms. The molecule has 2 aliphatic heterocycles. The molecule has 0 radical (unpaired) electrons. The molecule has 0 bridgehead atoms. The number of likely N-dealkylation sites (tertiary alicyclic amines) is 1. The Morgan fingerprint density at radius 1 is 1.07 bits per heavy atom. The van der Waals surface area contributed by atoms with Crippen molar-refractivity contribution in [3.8, 4) is 17.2 Å². The van der Waals surface area contributed by atoms with Gasteiger partial charge in [0.1, 0.15) is 19.0 Å². The van der Waals surface area contributed by atoms with E-state index in [-0.39, 0.29) is 5.78 Å². The van der Waals surface area contributed by atoms with Crippen molar-refractivity contribution in [3.63, 3.8) is 0 Å². The largest absolute Gasteiger partial charge is 0.496 e. The molecule has 0 saturated carbocycles. The van der Waals surface area contributed by atoms with E-state index in [9.17, 15) is 4.79 Å². The molecule has 2 aliphatic rings. The van der Waals surface area contributed by atoms with Crippen molar-refractivity contribution in [2.24, 2.45) is 0 Å². The maximum atomic E-state index is 12.6. The molecule has 0 aliphatic carbocycles. The van der Waals surface area contributed by atoms with Gasteiger partial charge in [0.2, 0.25) is 0 Å². The Kier molecular flexibility index (Phi) is 5.63. The van der Waals surface area contributed by atoms with E-state index >= 15 is 0 Å². The van der Waals surface area contributed by atoms with Crippen molar-refractivity contribution in [2.45, 2.75) is 19.4 Å². The first kappa shape index (κ1) is 18.6. The maximum Gasteiger partial charge on any atom is 0.185 e. The van der Waals surface area contributed by atoms with Crippen LogP contribution < -0.4 is 14.2 Å². The number of methoxy groups -OCH3 is 1. The zero-order valence-corrected chi connectivity index (χ0v) is 16.1. The van der Waals surface area contributed by atoms with Crippen molar-refractivity contribution in [1.82, 2.24) is 4.90 Å². The highest BCUT2D eigenvalue weighted by Gasteiger charge is 2.15. The summed E-state index contributed by atoms with van der Waals surface area (Å²) in [5, 5.41) is 0. The van der Waals surface area contributed by atoms with Gasteiger partial charge in [0, 0.05) is 17.7 Å². The van der Waals surface area contributed by atoms with Gasteiger partial charge in [-0.05, 0) is 67.9 Å². The third-order valence-corrected chi connectivity index (χ3v) is 5.15. The van der Waals surface area contributed by atoms with E-state index in [0.29, 0.717) is 30.3 Å². The molecule has 4 rings (SSSR count). The standard InChI is InChI=1S/C23H25NO4/c1-26-21-8-5-17(14-19(21)16-24-10-2-3-11-24)4-7-20(25)18-6-9-22-23(15-18)28-13-12-27-22/h4-9,14-15H,2-3,10-13,16H2,1H3/b7-4+. The fraction of sp³-hybridized carbons (Fsp3) is 0.348. The van der Waals surface area contributed by atoms with Crippen molar-refractivity contribution in [3.05, 3.63) is 59.2 Å². The lowest BCUT2D eigenvalue weighted by molar-refractivity contribution is 0.104. The Hall–Kier alpha value is -2.79. The van der Waals surface area contributed by atoms with Gasteiger partial charge in [-0.15, -0.1) is 0 Å². The average Bonchev–Trinajstić information content (AvgIpc) is 3.25. The van der Waals surface area contributed by atoms with Crippen LogP contribution in [0.1, 0.15) is 34.3 Å². The van der Waals surface area contributed by atoms with Gasteiger partial charge in [-0.1, -0.05) is 12.1 Å². The number of ketones is 1. The fourth-order valence-electron chi connectivity index (χ4n) is 3.67. The normalized spacial score (nSPS) is 16.5. The summed E-state index contributed by atoms with van der Waals surface area (Å²) < 4.78 is 16.6. The molecule has 0 unspecified atom stereocenters. The number of ether oxygens (including phenoxy) is 3. The summed E-state index contributed by atoms with van der Waals surface area (Å²) in [4.78, 5) is 15.0. The number of allylic oxidation sites excluding steroid dienone is 1. The number of carbonyl (C=O) groups excluding carboxylic acids is 1. The zero-order valence-electron chi connectivity index (χ0n) is 16.1. The number of rotatable bonds is 6. The second-order valence-electron chi connectivity index (χ2n) is 7.11. The van der Waals surface area contributed by atoms with Gasteiger partial charge in [-0.3, -0.25) is 9.69 Å². The molecule has 0 N–H and O–H groups in total. The third-order valence-electron chi connectivity index (χ3n) is 5.15. The topological polar surface area (TPSA) is 48.0 Å². The van der Waals surface area contributed by atoms with Gasteiger partial charge < -0.3 is 14.2 Å². The number of benzene rings is 2. The van der Waals surface area contributed by atoms with E-state index in [4.69, 9.17) is 14.2 Å². The SMILES string of the molecule is COc1ccc(/C=C/C(=O)c2ccc3c(c2)OCCO3)cc1CN1CCCC1. The molecule has 2 aromatic carbocycles. The molecule has 0 atom stereocenters. The monoisotopic (exact) mass is 379 g/mol. The van der Waals surface area contributed by atoms with Gasteiger partial charge in [0.15, 0.2) is 17.3 Å². The van der Waals surface area contributed by atoms with Crippen LogP contribution in [0.2, 0.25) is 0 Å². The van der Waals surface area contributed by atoms with Crippen LogP contribution in [0, 0.1) is 0 Å². The Morgan fingerprint density at radius 2 is 1.86 bits per heavy atom. The first-order chi connectivity index (χ1) is 13.7. The lowest BCUT2D eigenvalue weighted by Crippen LogP contribution is -2.18. The molecule has 1 saturated heterocycles. The molecule has 28 heavy (non-hydrogen) atoms. The highest BCUT2D eigenvalue weighted by Crippen LogP contribution is 2.31.